The molecule has 0 saturated carbocycles. The smallest absolute Gasteiger partial charge is 0.163 e. The Balaban J connectivity index is 2.23. The molecule has 23 heavy (non-hydrogen) atoms. The molecule has 0 N–H and O–H groups in total. The van der Waals surface area contributed by atoms with Crippen LogP contribution in [-0.2, 0) is 4.79 Å². The van der Waals surface area contributed by atoms with E-state index in [2.05, 4.69) is 24.8 Å². The van der Waals surface area contributed by atoms with Crippen LogP contribution < -0.4 is 4.74 Å². The zero-order valence-electron chi connectivity index (χ0n) is 12.9. The first-order valence-corrected chi connectivity index (χ1v) is 7.76. The van der Waals surface area contributed by atoms with Gasteiger partial charge in [0.1, 0.15) is 11.5 Å². The number of carbonyl (C=O) groups excluding carboxylic acids is 1. The molecule has 0 amide bonds. The van der Waals surface area contributed by atoms with Gasteiger partial charge in [0, 0.05) is 22.9 Å². The van der Waals surface area contributed by atoms with Crippen LogP contribution in [0.2, 0.25) is 0 Å². The average Bonchev–Trinajstić information content (AvgIpc) is 2.60. The van der Waals surface area contributed by atoms with E-state index in [1.165, 1.54) is 0 Å². The van der Waals surface area contributed by atoms with Crippen LogP contribution in [0.1, 0.15) is 18.9 Å². The number of carbonyl (C=O) groups is 1. The summed E-state index contributed by atoms with van der Waals surface area (Å²) in [4.78, 5) is 12.5. The standard InChI is InChI=1S/C21H16O2/c1-3-19(22)18-12-13(2)23-21-17-11-7-5-9-15(17)14-8-4-6-10-16(14)20(18)21/h4-12H,2-3H2,1H3. The van der Waals surface area contributed by atoms with Gasteiger partial charge in [-0.2, -0.15) is 0 Å². The van der Waals surface area contributed by atoms with Crippen molar-refractivity contribution in [2.45, 2.75) is 13.3 Å². The van der Waals surface area contributed by atoms with Gasteiger partial charge in [0.2, 0.25) is 0 Å². The molecule has 3 aromatic rings. The molecule has 112 valence electrons. The molecular formula is C21H16O2. The van der Waals surface area contributed by atoms with Crippen LogP contribution in [0.3, 0.4) is 0 Å². The van der Waals surface area contributed by atoms with Crippen molar-refractivity contribution in [3.63, 3.8) is 0 Å². The van der Waals surface area contributed by atoms with E-state index < -0.39 is 0 Å². The third-order valence-corrected chi connectivity index (χ3v) is 4.31. The molecule has 4 rings (SSSR count). The lowest BCUT2D eigenvalue weighted by Gasteiger charge is -2.23. The Kier molecular flexibility index (Phi) is 3.05. The first-order valence-electron chi connectivity index (χ1n) is 7.76. The molecule has 1 aliphatic rings. The van der Waals surface area contributed by atoms with Crippen molar-refractivity contribution < 1.29 is 9.53 Å². The van der Waals surface area contributed by atoms with Gasteiger partial charge in [-0.1, -0.05) is 62.0 Å². The Labute approximate surface area is 134 Å². The molecule has 0 saturated heterocycles. The third kappa shape index (κ3) is 1.99. The summed E-state index contributed by atoms with van der Waals surface area (Å²) in [5.74, 6) is 1.36. The molecule has 0 unspecified atom stereocenters. The monoisotopic (exact) mass is 300 g/mol. The van der Waals surface area contributed by atoms with E-state index in [4.69, 9.17) is 4.74 Å². The molecule has 1 heterocycles. The number of rotatable bonds is 2. The fourth-order valence-corrected chi connectivity index (χ4v) is 3.29. The second-order valence-electron chi connectivity index (χ2n) is 5.70. The molecule has 0 radical (unpaired) electrons. The van der Waals surface area contributed by atoms with E-state index in [1.54, 1.807) is 6.08 Å². The first-order chi connectivity index (χ1) is 11.2. The minimum atomic E-state index is 0.108. The predicted molar refractivity (Wildman–Crippen MR) is 94.5 cm³/mol. The number of Topliss-reactive ketones (excluding diaryl/α,β-unsaturated/α-hetero) is 1. The highest BCUT2D eigenvalue weighted by Gasteiger charge is 2.25. The van der Waals surface area contributed by atoms with E-state index in [1.807, 2.05) is 37.3 Å². The van der Waals surface area contributed by atoms with Crippen LogP contribution in [0.4, 0.5) is 0 Å². The lowest BCUT2D eigenvalue weighted by molar-refractivity contribution is -0.113. The fraction of sp³-hybridized carbons (Fsp3) is 0.0952. The number of fused-ring (bicyclic) bond motifs is 6. The Bertz CT molecular complexity index is 1010. The Morgan fingerprint density at radius 1 is 0.957 bits per heavy atom. The molecule has 2 heteroatoms. The summed E-state index contributed by atoms with van der Waals surface area (Å²) < 4.78 is 5.96. The number of hydrogen-bond donors (Lipinski definition) is 0. The molecule has 0 spiro atoms. The molecule has 0 aliphatic carbocycles. The predicted octanol–water partition coefficient (Wildman–Crippen LogP) is 5.26. The summed E-state index contributed by atoms with van der Waals surface area (Å²) >= 11 is 0. The van der Waals surface area contributed by atoms with Crippen molar-refractivity contribution in [1.82, 2.24) is 0 Å². The van der Waals surface area contributed by atoms with Crippen molar-refractivity contribution >= 4 is 32.9 Å². The van der Waals surface area contributed by atoms with Gasteiger partial charge in [-0.25, -0.2) is 0 Å². The topological polar surface area (TPSA) is 26.3 Å². The van der Waals surface area contributed by atoms with Crippen LogP contribution in [-0.4, -0.2) is 5.78 Å². The van der Waals surface area contributed by atoms with Gasteiger partial charge >= 0.3 is 0 Å². The van der Waals surface area contributed by atoms with Crippen LogP contribution >= 0.6 is 0 Å². The lowest BCUT2D eigenvalue weighted by atomic mass is 9.88. The molecular weight excluding hydrogens is 284 g/mol. The molecule has 0 fully saturated rings. The van der Waals surface area contributed by atoms with Gasteiger partial charge in [-0.3, -0.25) is 4.79 Å². The summed E-state index contributed by atoms with van der Waals surface area (Å²) in [6.45, 7) is 5.80. The average molecular weight is 300 g/mol. The van der Waals surface area contributed by atoms with Crippen LogP contribution in [0.5, 0.6) is 5.75 Å². The molecule has 0 aromatic heterocycles. The zero-order valence-corrected chi connectivity index (χ0v) is 12.9. The summed E-state index contributed by atoms with van der Waals surface area (Å²) in [7, 11) is 0. The number of hydrogen-bond acceptors (Lipinski definition) is 2. The SMILES string of the molecule is C=C1C=C(C(=O)CC)c2c(c3ccccc3c3ccccc23)O1. The highest BCUT2D eigenvalue weighted by molar-refractivity contribution is 6.28. The molecule has 2 nitrogen and oxygen atoms in total. The highest BCUT2D eigenvalue weighted by atomic mass is 16.5. The number of benzene rings is 3. The van der Waals surface area contributed by atoms with Gasteiger partial charge in [-0.15, -0.1) is 0 Å². The summed E-state index contributed by atoms with van der Waals surface area (Å²) in [6, 6.07) is 16.3. The largest absolute Gasteiger partial charge is 0.457 e. The van der Waals surface area contributed by atoms with E-state index in [0.717, 1.165) is 32.9 Å². The molecule has 1 aliphatic heterocycles. The minimum absolute atomic E-state index is 0.108. The second-order valence-corrected chi connectivity index (χ2v) is 5.70. The van der Waals surface area contributed by atoms with Crippen molar-refractivity contribution in [2.24, 2.45) is 0 Å². The quantitative estimate of drug-likeness (QED) is 0.603. The summed E-state index contributed by atoms with van der Waals surface area (Å²) in [6.07, 6.45) is 2.22. The zero-order chi connectivity index (χ0) is 16.0. The van der Waals surface area contributed by atoms with Crippen molar-refractivity contribution in [3.8, 4) is 5.75 Å². The Hall–Kier alpha value is -2.87. The van der Waals surface area contributed by atoms with Crippen LogP contribution in [0.15, 0.2) is 66.9 Å². The van der Waals surface area contributed by atoms with E-state index in [-0.39, 0.29) is 5.78 Å². The van der Waals surface area contributed by atoms with E-state index >= 15 is 0 Å². The Morgan fingerprint density at radius 2 is 1.52 bits per heavy atom. The summed E-state index contributed by atoms with van der Waals surface area (Å²) in [5, 5.41) is 4.31. The Morgan fingerprint density at radius 3 is 2.17 bits per heavy atom. The first kappa shape index (κ1) is 13.8. The summed E-state index contributed by atoms with van der Waals surface area (Å²) in [5.41, 5.74) is 1.58. The normalized spacial score (nSPS) is 13.6. The van der Waals surface area contributed by atoms with Crippen molar-refractivity contribution in [3.05, 3.63) is 72.5 Å². The van der Waals surface area contributed by atoms with Crippen molar-refractivity contribution in [2.75, 3.05) is 0 Å². The minimum Gasteiger partial charge on any atom is -0.457 e. The van der Waals surface area contributed by atoms with Gasteiger partial charge < -0.3 is 4.74 Å². The van der Waals surface area contributed by atoms with Crippen LogP contribution in [0.25, 0.3) is 27.1 Å². The molecule has 0 bridgehead atoms. The number of allylic oxidation sites excluding steroid dienone is 2. The van der Waals surface area contributed by atoms with E-state index in [0.29, 0.717) is 17.8 Å². The van der Waals surface area contributed by atoms with Crippen molar-refractivity contribution in [1.29, 1.82) is 0 Å². The molecule has 0 atom stereocenters. The second kappa shape index (κ2) is 5.10. The van der Waals surface area contributed by atoms with E-state index in [9.17, 15) is 4.79 Å². The third-order valence-electron chi connectivity index (χ3n) is 4.31. The maximum Gasteiger partial charge on any atom is 0.163 e. The lowest BCUT2D eigenvalue weighted by Crippen LogP contribution is -2.10. The maximum atomic E-state index is 12.5. The van der Waals surface area contributed by atoms with Gasteiger partial charge in [0.15, 0.2) is 5.78 Å². The molecule has 3 aromatic carbocycles. The van der Waals surface area contributed by atoms with Crippen LogP contribution in [0, 0.1) is 0 Å². The number of ketones is 1. The fourth-order valence-electron chi connectivity index (χ4n) is 3.29. The highest BCUT2D eigenvalue weighted by Crippen LogP contribution is 2.45. The van der Waals surface area contributed by atoms with Gasteiger partial charge in [-0.05, 0) is 22.2 Å². The van der Waals surface area contributed by atoms with Gasteiger partial charge in [0.05, 0.1) is 0 Å². The maximum absolute atomic E-state index is 12.5. The van der Waals surface area contributed by atoms with Gasteiger partial charge in [0.25, 0.3) is 0 Å². The number of ether oxygens (including phenoxy) is 1.